The molecule has 13 heavy (non-hydrogen) atoms. The summed E-state index contributed by atoms with van der Waals surface area (Å²) in [6.45, 7) is 3.94. The highest BCUT2D eigenvalue weighted by Crippen LogP contribution is 2.32. The van der Waals surface area contributed by atoms with Crippen molar-refractivity contribution in [1.29, 1.82) is 0 Å². The van der Waals surface area contributed by atoms with Gasteiger partial charge in [-0.3, -0.25) is 0 Å². The fourth-order valence-corrected chi connectivity index (χ4v) is 2.38. The molecule has 1 aliphatic rings. The third-order valence-electron chi connectivity index (χ3n) is 2.52. The van der Waals surface area contributed by atoms with Crippen molar-refractivity contribution in [3.63, 3.8) is 0 Å². The Bertz CT molecular complexity index is 334. The Labute approximate surface area is 91.5 Å². The maximum absolute atomic E-state index is 9.83. The van der Waals surface area contributed by atoms with E-state index in [0.717, 1.165) is 24.2 Å². The van der Waals surface area contributed by atoms with Crippen molar-refractivity contribution in [3.05, 3.63) is 26.8 Å². The van der Waals surface area contributed by atoms with Crippen LogP contribution in [0.3, 0.4) is 0 Å². The first kappa shape index (κ1) is 9.27. The van der Waals surface area contributed by atoms with Gasteiger partial charge in [-0.2, -0.15) is 0 Å². The van der Waals surface area contributed by atoms with E-state index >= 15 is 0 Å². The van der Waals surface area contributed by atoms with Gasteiger partial charge in [0.2, 0.25) is 0 Å². The molecule has 1 saturated heterocycles. The van der Waals surface area contributed by atoms with Crippen molar-refractivity contribution in [2.24, 2.45) is 0 Å². The van der Waals surface area contributed by atoms with Crippen LogP contribution < -0.4 is 5.32 Å². The van der Waals surface area contributed by atoms with Gasteiger partial charge >= 0.3 is 0 Å². The highest BCUT2D eigenvalue weighted by molar-refractivity contribution is 14.1. The molecule has 0 spiro atoms. The van der Waals surface area contributed by atoms with Gasteiger partial charge in [-0.05, 0) is 47.2 Å². The Morgan fingerprint density at radius 3 is 2.69 bits per heavy atom. The molecule has 0 saturated carbocycles. The number of phenolic OH excluding ortho intramolecular Hbond substituents is 1. The lowest BCUT2D eigenvalue weighted by molar-refractivity contribution is 0.411. The van der Waals surface area contributed by atoms with Crippen LogP contribution >= 0.6 is 22.6 Å². The number of halogens is 1. The van der Waals surface area contributed by atoms with E-state index < -0.39 is 0 Å². The Kier molecular flexibility index (Phi) is 2.47. The van der Waals surface area contributed by atoms with E-state index in [0.29, 0.717) is 11.7 Å². The molecule has 1 aromatic rings. The van der Waals surface area contributed by atoms with Crippen LogP contribution in [-0.2, 0) is 0 Å². The van der Waals surface area contributed by atoms with Crippen molar-refractivity contribution in [2.45, 2.75) is 12.8 Å². The minimum atomic E-state index is 0.479. The first-order valence-corrected chi connectivity index (χ1v) is 5.46. The summed E-state index contributed by atoms with van der Waals surface area (Å²) in [5, 5.41) is 13.0. The molecule has 70 valence electrons. The molecule has 2 nitrogen and oxygen atoms in total. The summed E-state index contributed by atoms with van der Waals surface area (Å²) in [5.74, 6) is 0.986. The number of aryl methyl sites for hydroxylation is 1. The second-order valence-corrected chi connectivity index (χ2v) is 4.76. The Hall–Kier alpha value is -0.290. The number of nitrogens with one attached hydrogen (secondary N) is 1. The van der Waals surface area contributed by atoms with Crippen LogP contribution in [-0.4, -0.2) is 18.2 Å². The van der Waals surface area contributed by atoms with Crippen molar-refractivity contribution in [1.82, 2.24) is 5.32 Å². The van der Waals surface area contributed by atoms with Gasteiger partial charge in [0.1, 0.15) is 5.75 Å². The van der Waals surface area contributed by atoms with E-state index in [2.05, 4.69) is 34.0 Å². The summed E-state index contributed by atoms with van der Waals surface area (Å²) in [7, 11) is 0. The maximum Gasteiger partial charge on any atom is 0.122 e. The lowest BCUT2D eigenvalue weighted by Crippen LogP contribution is -2.39. The van der Waals surface area contributed by atoms with Crippen LogP contribution in [0, 0.1) is 10.5 Å². The Morgan fingerprint density at radius 2 is 2.15 bits per heavy atom. The quantitative estimate of drug-likeness (QED) is 0.775. The molecule has 0 unspecified atom stereocenters. The van der Waals surface area contributed by atoms with Crippen LogP contribution in [0.2, 0.25) is 0 Å². The molecule has 0 aromatic heterocycles. The topological polar surface area (TPSA) is 32.3 Å². The predicted molar refractivity (Wildman–Crippen MR) is 61.2 cm³/mol. The minimum Gasteiger partial charge on any atom is -0.507 e. The van der Waals surface area contributed by atoms with E-state index in [9.17, 15) is 5.11 Å². The normalized spacial score (nSPS) is 17.1. The van der Waals surface area contributed by atoms with Crippen LogP contribution in [0.5, 0.6) is 5.75 Å². The van der Waals surface area contributed by atoms with Gasteiger partial charge in [0.15, 0.2) is 0 Å². The zero-order valence-electron chi connectivity index (χ0n) is 7.47. The molecular weight excluding hydrogens is 277 g/mol. The largest absolute Gasteiger partial charge is 0.507 e. The summed E-state index contributed by atoms with van der Waals surface area (Å²) < 4.78 is 1.20. The highest BCUT2D eigenvalue weighted by atomic mass is 127. The fraction of sp³-hybridized carbons (Fsp3) is 0.400. The average molecular weight is 289 g/mol. The zero-order valence-corrected chi connectivity index (χ0v) is 9.63. The van der Waals surface area contributed by atoms with Crippen LogP contribution in [0.4, 0.5) is 0 Å². The third-order valence-corrected chi connectivity index (χ3v) is 3.14. The second kappa shape index (κ2) is 3.46. The fourth-order valence-electron chi connectivity index (χ4n) is 1.58. The van der Waals surface area contributed by atoms with Gasteiger partial charge in [-0.1, -0.05) is 0 Å². The molecular formula is C10H12INO. The summed E-state index contributed by atoms with van der Waals surface area (Å²) >= 11 is 2.29. The van der Waals surface area contributed by atoms with Crippen molar-refractivity contribution < 1.29 is 5.11 Å². The lowest BCUT2D eigenvalue weighted by atomic mass is 9.92. The van der Waals surface area contributed by atoms with Gasteiger partial charge in [-0.15, -0.1) is 0 Å². The van der Waals surface area contributed by atoms with Crippen molar-refractivity contribution in [3.8, 4) is 5.75 Å². The standard InChI is InChI=1S/C10H12INO/c1-6-2-8(11)3-9(10(6)13)7-4-12-5-7/h2-3,7,12-13H,4-5H2,1H3. The van der Waals surface area contributed by atoms with E-state index in [1.54, 1.807) is 0 Å². The summed E-state index contributed by atoms with van der Waals surface area (Å²) in [6, 6.07) is 4.08. The van der Waals surface area contributed by atoms with Crippen LogP contribution in [0.1, 0.15) is 17.0 Å². The molecule has 0 amide bonds. The monoisotopic (exact) mass is 289 g/mol. The molecule has 0 atom stereocenters. The van der Waals surface area contributed by atoms with Crippen molar-refractivity contribution in [2.75, 3.05) is 13.1 Å². The molecule has 2 rings (SSSR count). The molecule has 1 aliphatic heterocycles. The molecule has 3 heteroatoms. The van der Waals surface area contributed by atoms with Gasteiger partial charge in [0, 0.05) is 28.1 Å². The van der Waals surface area contributed by atoms with Gasteiger partial charge < -0.3 is 10.4 Å². The number of hydrogen-bond donors (Lipinski definition) is 2. The second-order valence-electron chi connectivity index (χ2n) is 3.52. The highest BCUT2D eigenvalue weighted by Gasteiger charge is 2.22. The van der Waals surface area contributed by atoms with Gasteiger partial charge in [0.25, 0.3) is 0 Å². The summed E-state index contributed by atoms with van der Waals surface area (Å²) in [5.41, 5.74) is 2.08. The Balaban J connectivity index is 2.42. The molecule has 0 radical (unpaired) electrons. The first-order valence-electron chi connectivity index (χ1n) is 4.38. The zero-order chi connectivity index (χ0) is 9.42. The van der Waals surface area contributed by atoms with Gasteiger partial charge in [-0.25, -0.2) is 0 Å². The predicted octanol–water partition coefficient (Wildman–Crippen LogP) is 1.99. The molecule has 0 bridgehead atoms. The number of aromatic hydroxyl groups is 1. The number of benzene rings is 1. The maximum atomic E-state index is 9.83. The summed E-state index contributed by atoms with van der Waals surface area (Å²) in [4.78, 5) is 0. The van der Waals surface area contributed by atoms with Gasteiger partial charge in [0.05, 0.1) is 0 Å². The smallest absolute Gasteiger partial charge is 0.122 e. The van der Waals surface area contributed by atoms with E-state index in [1.165, 1.54) is 3.57 Å². The SMILES string of the molecule is Cc1cc(I)cc(C2CNC2)c1O. The van der Waals surface area contributed by atoms with E-state index in [4.69, 9.17) is 0 Å². The van der Waals surface area contributed by atoms with Crippen molar-refractivity contribution >= 4 is 22.6 Å². The number of phenols is 1. The van der Waals surface area contributed by atoms with E-state index in [-0.39, 0.29) is 0 Å². The average Bonchev–Trinajstić information content (AvgIpc) is 1.95. The minimum absolute atomic E-state index is 0.479. The summed E-state index contributed by atoms with van der Waals surface area (Å²) in [6.07, 6.45) is 0. The van der Waals surface area contributed by atoms with Crippen LogP contribution in [0.25, 0.3) is 0 Å². The number of rotatable bonds is 1. The lowest BCUT2D eigenvalue weighted by Gasteiger charge is -2.28. The molecule has 1 fully saturated rings. The number of hydrogen-bond acceptors (Lipinski definition) is 2. The molecule has 2 N–H and O–H groups in total. The Morgan fingerprint density at radius 1 is 1.46 bits per heavy atom. The molecule has 1 heterocycles. The third kappa shape index (κ3) is 1.67. The van der Waals surface area contributed by atoms with E-state index in [1.807, 2.05) is 13.0 Å². The van der Waals surface area contributed by atoms with Crippen LogP contribution in [0.15, 0.2) is 12.1 Å². The first-order chi connectivity index (χ1) is 6.18. The molecule has 0 aliphatic carbocycles. The molecule has 1 aromatic carbocycles.